The van der Waals surface area contributed by atoms with Crippen LogP contribution in [0.25, 0.3) is 0 Å². The van der Waals surface area contributed by atoms with E-state index < -0.39 is 106 Å². The number of thiophene rings is 2. The number of sulfone groups is 2. The molecule has 0 bridgehead atoms. The Morgan fingerprint density at radius 2 is 0.927 bits per heavy atom. The molecule has 2 aromatic carbocycles. The van der Waals surface area contributed by atoms with Gasteiger partial charge in [-0.15, -0.1) is 22.7 Å². The van der Waals surface area contributed by atoms with Crippen LogP contribution in [0.15, 0.2) is 114 Å². The molecule has 14 atom stereocenters. The van der Waals surface area contributed by atoms with Crippen LogP contribution < -0.4 is 20.9 Å². The number of carbonyl (C=O) groups excluding carboxylic acids is 4. The fraction of sp³-hybridized carbons (Fsp3) is 0.689. The Morgan fingerprint density at radius 3 is 1.33 bits per heavy atom. The van der Waals surface area contributed by atoms with Crippen LogP contribution in [-0.4, -0.2) is 181 Å². The molecule has 9 N–H and O–H groups in total. The summed E-state index contributed by atoms with van der Waals surface area (Å²) in [6, 6.07) is 22.1. The number of nitrogens with two attached hydrogens (primary N) is 2. The first-order valence-electron chi connectivity index (χ1n) is 44.4. The third-order valence-electron chi connectivity index (χ3n) is 27.1. The molecule has 2 aliphatic carbocycles. The maximum atomic E-state index is 13.6. The number of primary sulfonamides is 2. The van der Waals surface area contributed by atoms with Crippen molar-refractivity contribution in [3.63, 3.8) is 0 Å². The topological polar surface area (TPSA) is 376 Å². The van der Waals surface area contributed by atoms with Crippen LogP contribution in [0.1, 0.15) is 253 Å². The van der Waals surface area contributed by atoms with Gasteiger partial charge in [-0.05, 0) is 245 Å². The van der Waals surface area contributed by atoms with Crippen molar-refractivity contribution in [2.75, 3.05) is 26.2 Å². The number of hydrogen-bond donors (Lipinski definition) is 7. The Kier molecular flexibility index (Phi) is 38.4. The fourth-order valence-electron chi connectivity index (χ4n) is 16.6. The second-order valence-corrected chi connectivity index (χ2v) is 64.2. The molecule has 2 aromatic heterocycles. The van der Waals surface area contributed by atoms with Crippen molar-refractivity contribution in [1.82, 2.24) is 20.4 Å². The predicted molar refractivity (Wildman–Crippen MR) is 500 cm³/mol. The normalized spacial score (nSPS) is 23.7. The van der Waals surface area contributed by atoms with Gasteiger partial charge in [0, 0.05) is 69.1 Å². The van der Waals surface area contributed by atoms with Gasteiger partial charge >= 0.3 is 0 Å². The summed E-state index contributed by atoms with van der Waals surface area (Å²) in [7, 11) is -22.2. The van der Waals surface area contributed by atoms with Gasteiger partial charge in [0.25, 0.3) is 0 Å². The van der Waals surface area contributed by atoms with E-state index in [1.54, 1.807) is 25.7 Å². The van der Waals surface area contributed by atoms with Crippen molar-refractivity contribution in [2.24, 2.45) is 33.9 Å². The van der Waals surface area contributed by atoms with Gasteiger partial charge < -0.3 is 49.0 Å². The minimum absolute atomic E-state index is 0.000579. The summed E-state index contributed by atoms with van der Waals surface area (Å²) >= 11 is 1.24. The number of sulfonamides is 2. The first-order chi connectivity index (χ1) is 57.1. The Hall–Kier alpha value is -4.67. The van der Waals surface area contributed by atoms with E-state index in [-0.39, 0.29) is 161 Å². The van der Waals surface area contributed by atoms with E-state index in [0.29, 0.717) is 86.4 Å². The molecule has 4 heterocycles. The molecule has 2 fully saturated rings. The Balaban J connectivity index is 0.000000358. The van der Waals surface area contributed by atoms with Gasteiger partial charge in [0.15, 0.2) is 44.6 Å². The lowest BCUT2D eigenvalue weighted by Gasteiger charge is -2.41. The fourth-order valence-corrected chi connectivity index (χ4v) is 29.6. The number of hydrogen-bond acceptors (Lipinski definition) is 20. The van der Waals surface area contributed by atoms with Crippen molar-refractivity contribution in [3.8, 4) is 0 Å². The molecule has 2 aliphatic heterocycles. The lowest BCUT2D eigenvalue weighted by atomic mass is 9.85. The number of carbonyl (C=O) groups is 4. The smallest absolute Gasteiger partial charge is 0.247 e. The zero-order chi connectivity index (χ0) is 91.8. The van der Waals surface area contributed by atoms with Gasteiger partial charge in [-0.25, -0.2) is 43.9 Å². The quantitative estimate of drug-likeness (QED) is 0.0123. The average molecular weight is 1880 g/mol. The SMILES string of the molecule is CCN(C(=O)CCNC(=O)CCC/C=C\C[C@@H]1[C@@H](CC[C@@H](CCc2ccccc2)O[Si](C)(C)C(C)(C)C)[C@H](O[Si](C)(C)C(C)(C)C)C[C@@H]1O[Si](C)(C)C(C)(C)C)[C@H]1C[C@H](C)S(=O)(=O)c2sc(S(N)(=O)=O)cc21.CCN(C(=O)CCNC(=O)CCC/C=C\C[C@@H]1[C@@H](CC[C@H](O)CCc2ccccc2)[C@H](O)C[C@@H]1O)[C@H]1C[C@H](C)S(=O)(=O)c2sc(S(N)(=O)=O)cc21. The number of allylic oxidation sites excluding steroid dienone is 4. The van der Waals surface area contributed by atoms with Crippen LogP contribution in [0.5, 0.6) is 0 Å². The first kappa shape index (κ1) is 105. The lowest BCUT2D eigenvalue weighted by Crippen LogP contribution is -2.45. The number of aliphatic hydroxyl groups is 3. The highest BCUT2D eigenvalue weighted by Crippen LogP contribution is 2.52. The van der Waals surface area contributed by atoms with E-state index in [2.05, 4.69) is 155 Å². The van der Waals surface area contributed by atoms with Crippen molar-refractivity contribution in [3.05, 3.63) is 119 Å². The third kappa shape index (κ3) is 29.2. The Bertz CT molecular complexity index is 4660. The van der Waals surface area contributed by atoms with Gasteiger partial charge in [0.05, 0.1) is 53.1 Å². The highest BCUT2D eigenvalue weighted by atomic mass is 32.3. The van der Waals surface area contributed by atoms with Crippen molar-refractivity contribution < 1.29 is 81.4 Å². The predicted octanol–water partition coefficient (Wildman–Crippen LogP) is 16.3. The second kappa shape index (κ2) is 44.8. The number of amides is 4. The molecular formula is C90H148N6O18S6Si3. The molecule has 8 rings (SSSR count). The molecule has 0 unspecified atom stereocenters. The number of aliphatic hydroxyl groups excluding tert-OH is 3. The minimum Gasteiger partial charge on any atom is -0.414 e. The number of fused-ring (bicyclic) bond motifs is 2. The van der Waals surface area contributed by atoms with Crippen LogP contribution in [-0.2, 0) is 85.0 Å². The van der Waals surface area contributed by atoms with E-state index in [9.17, 15) is 68.2 Å². The van der Waals surface area contributed by atoms with Gasteiger partial charge in [0.1, 0.15) is 16.8 Å². The van der Waals surface area contributed by atoms with Crippen molar-refractivity contribution in [2.45, 2.75) is 362 Å². The number of nitrogens with zero attached hydrogens (tertiary/aromatic N) is 2. The van der Waals surface area contributed by atoms with E-state index in [1.807, 2.05) is 42.5 Å². The summed E-state index contributed by atoms with van der Waals surface area (Å²) in [5, 5.41) is 46.6. The molecule has 33 heteroatoms. The van der Waals surface area contributed by atoms with Crippen LogP contribution in [0.3, 0.4) is 0 Å². The Labute approximate surface area is 748 Å². The molecule has 0 radical (unpaired) electrons. The monoisotopic (exact) mass is 1880 g/mol. The van der Waals surface area contributed by atoms with Gasteiger partial charge in [-0.3, -0.25) is 19.2 Å². The summed E-state index contributed by atoms with van der Waals surface area (Å²) in [5.74, 6) is -0.505. The van der Waals surface area contributed by atoms with Crippen molar-refractivity contribution >= 4 is 111 Å². The van der Waals surface area contributed by atoms with E-state index in [1.165, 1.54) is 35.1 Å². The molecule has 694 valence electrons. The molecule has 4 aliphatic rings. The van der Waals surface area contributed by atoms with E-state index >= 15 is 0 Å². The zero-order valence-corrected chi connectivity index (χ0v) is 84.6. The minimum atomic E-state index is -4.14. The molecule has 4 amide bonds. The van der Waals surface area contributed by atoms with Crippen LogP contribution >= 0.6 is 22.7 Å². The van der Waals surface area contributed by atoms with Gasteiger partial charge in [0.2, 0.25) is 43.7 Å². The lowest BCUT2D eigenvalue weighted by molar-refractivity contribution is -0.134. The maximum Gasteiger partial charge on any atom is 0.247 e. The van der Waals surface area contributed by atoms with Gasteiger partial charge in [-0.2, -0.15) is 0 Å². The summed E-state index contributed by atoms with van der Waals surface area (Å²) in [6.07, 6.45) is 19.8. The number of aryl methyl sites for hydroxylation is 2. The molecule has 123 heavy (non-hydrogen) atoms. The second-order valence-electron chi connectivity index (χ2n) is 39.1. The largest absolute Gasteiger partial charge is 0.414 e. The maximum absolute atomic E-state index is 13.6. The summed E-state index contributed by atoms with van der Waals surface area (Å²) in [6.45, 7) is 42.6. The summed E-state index contributed by atoms with van der Waals surface area (Å²) < 4.78 is 122. The van der Waals surface area contributed by atoms with Crippen LogP contribution in [0, 0.1) is 23.7 Å². The van der Waals surface area contributed by atoms with Crippen LogP contribution in [0.2, 0.25) is 54.4 Å². The highest BCUT2D eigenvalue weighted by Gasteiger charge is 2.53. The van der Waals surface area contributed by atoms with Crippen molar-refractivity contribution in [1.29, 1.82) is 0 Å². The molecule has 2 saturated carbocycles. The zero-order valence-electron chi connectivity index (χ0n) is 76.7. The number of nitrogens with one attached hydrogen (secondary N) is 2. The average Bonchev–Trinajstić information content (AvgIpc) is 1.54. The molecule has 4 aromatic rings. The molecule has 0 saturated heterocycles. The number of unbranched alkanes of at least 4 members (excludes halogenated alkanes) is 2. The standard InChI is InChI=1S/C54H95N3O9S3Si3.C36H53N3O9S3/c1-18-57(45-36-39(2)68(60,61)51-44(45)37-50(67-51)69(55,62)63)49(59)34-35-56-48(58)29-25-20-19-24-28-42-43(33-32-41(64-70(12,13)52(3,4)5)31-30-40-26-22-21-23-27-40)47(66-72(16,17)54(9,10)11)38-46(42)65-71(14,15)53(6,7)8;1-3-39(30-21-24(2)50(45,46)36-29(30)22-35(49-36)51(37,47)48)34(44)19-20-38-33(43)14-10-5-4-9-13-27-28(32(42)23-31(27)41)18-17-26(40)16-15-25-11-7-6-8-12-25/h19,21-24,26-27,37,39,41-43,45-47H,18,20,25,28-36,38H2,1-17H3,(H,56,58)(H2,55,62,63);4,6-9,11-12,22,24,26-28,30-32,40-42H,3,5,10,13-21,23H2,1-2H3,(H,38,43)(H2,37,47,48)/b24-19-;9-4-/t39-,41+,42+,43+,45-,46-,47+;24-,26+,27+,28+,30-,31-,32+/m00/s1. The summed E-state index contributed by atoms with van der Waals surface area (Å²) in [4.78, 5) is 55.5. The summed E-state index contributed by atoms with van der Waals surface area (Å²) in [5.41, 5.74) is 3.06. The first-order valence-corrected chi connectivity index (χ1v) is 61.0. The molecule has 0 spiro atoms. The van der Waals surface area contributed by atoms with Crippen LogP contribution in [0.4, 0.5) is 0 Å². The third-order valence-corrected chi connectivity index (χ3v) is 51.3. The number of rotatable bonds is 42. The molecular weight excluding hydrogens is 1730 g/mol. The molecule has 24 nitrogen and oxygen atoms in total. The Morgan fingerprint density at radius 1 is 0.537 bits per heavy atom. The van der Waals surface area contributed by atoms with E-state index in [0.717, 1.165) is 51.4 Å². The highest BCUT2D eigenvalue weighted by molar-refractivity contribution is 7.96. The van der Waals surface area contributed by atoms with Gasteiger partial charge in [-0.1, -0.05) is 147 Å². The number of benzene rings is 2. The van der Waals surface area contributed by atoms with E-state index in [4.69, 9.17) is 23.6 Å².